The summed E-state index contributed by atoms with van der Waals surface area (Å²) >= 11 is 6.02. The Bertz CT molecular complexity index is 519. The van der Waals surface area contributed by atoms with Gasteiger partial charge in [0.2, 0.25) is 5.91 Å². The second-order valence-electron chi connectivity index (χ2n) is 6.17. The van der Waals surface area contributed by atoms with Gasteiger partial charge in [0.1, 0.15) is 0 Å². The van der Waals surface area contributed by atoms with E-state index in [0.29, 0.717) is 11.8 Å². The number of nitrogens with zero attached hydrogens (tertiary/aromatic N) is 1. The summed E-state index contributed by atoms with van der Waals surface area (Å²) in [7, 11) is 0. The minimum atomic E-state index is 0.144. The van der Waals surface area contributed by atoms with Crippen LogP contribution in [0.4, 0.5) is 0 Å². The van der Waals surface area contributed by atoms with Crippen molar-refractivity contribution >= 4 is 17.5 Å². The van der Waals surface area contributed by atoms with Crippen molar-refractivity contribution in [2.45, 2.75) is 44.2 Å². The Morgan fingerprint density at radius 1 is 1.40 bits per heavy atom. The molecule has 0 unspecified atom stereocenters. The maximum atomic E-state index is 12.6. The summed E-state index contributed by atoms with van der Waals surface area (Å²) in [6.07, 6.45) is 2.79. The van der Waals surface area contributed by atoms with Crippen molar-refractivity contribution in [1.29, 1.82) is 0 Å². The Labute approximate surface area is 125 Å². The number of carbonyl (C=O) groups is 1. The number of hydrogen-bond acceptors (Lipinski definition) is 2. The molecular formula is C16H21ClN2O. The lowest BCUT2D eigenvalue weighted by Gasteiger charge is -2.36. The number of amides is 1. The first kappa shape index (κ1) is 13.9. The maximum Gasteiger partial charge on any atom is 0.226 e. The molecule has 4 heteroatoms. The third kappa shape index (κ3) is 2.70. The molecule has 0 bridgehead atoms. The van der Waals surface area contributed by atoms with Crippen LogP contribution in [0, 0.1) is 5.92 Å². The molecule has 108 valence electrons. The van der Waals surface area contributed by atoms with Gasteiger partial charge in [-0.3, -0.25) is 4.79 Å². The van der Waals surface area contributed by atoms with E-state index < -0.39 is 0 Å². The van der Waals surface area contributed by atoms with Crippen LogP contribution in [-0.2, 0) is 4.79 Å². The molecule has 0 radical (unpaired) electrons. The Morgan fingerprint density at radius 3 is 2.90 bits per heavy atom. The number of nitrogens with two attached hydrogens (primary N) is 1. The number of halogens is 1. The van der Waals surface area contributed by atoms with E-state index in [-0.39, 0.29) is 18.0 Å². The van der Waals surface area contributed by atoms with Gasteiger partial charge >= 0.3 is 0 Å². The second-order valence-corrected chi connectivity index (χ2v) is 6.61. The maximum absolute atomic E-state index is 12.6. The zero-order valence-corrected chi connectivity index (χ0v) is 12.5. The monoisotopic (exact) mass is 292 g/mol. The van der Waals surface area contributed by atoms with Crippen LogP contribution in [0.15, 0.2) is 24.3 Å². The first-order valence-corrected chi connectivity index (χ1v) is 7.75. The molecule has 1 aliphatic heterocycles. The normalized spacial score (nSPS) is 33.0. The number of piperidine rings is 1. The number of benzene rings is 1. The summed E-state index contributed by atoms with van der Waals surface area (Å²) in [6.45, 7) is 2.91. The fraction of sp³-hybridized carbons (Fsp3) is 0.562. The van der Waals surface area contributed by atoms with Gasteiger partial charge in [0.15, 0.2) is 0 Å². The van der Waals surface area contributed by atoms with Crippen molar-refractivity contribution in [3.8, 4) is 0 Å². The molecule has 1 heterocycles. The molecule has 4 atom stereocenters. The third-order valence-electron chi connectivity index (χ3n) is 4.58. The van der Waals surface area contributed by atoms with E-state index in [1.807, 2.05) is 23.1 Å². The third-order valence-corrected chi connectivity index (χ3v) is 4.82. The molecule has 20 heavy (non-hydrogen) atoms. The van der Waals surface area contributed by atoms with Crippen molar-refractivity contribution in [2.24, 2.45) is 11.7 Å². The summed E-state index contributed by atoms with van der Waals surface area (Å²) < 4.78 is 0. The molecule has 0 aromatic heterocycles. The largest absolute Gasteiger partial charge is 0.340 e. The lowest BCUT2D eigenvalue weighted by molar-refractivity contribution is -0.136. The molecule has 3 nitrogen and oxygen atoms in total. The van der Waals surface area contributed by atoms with E-state index in [4.69, 9.17) is 17.3 Å². The van der Waals surface area contributed by atoms with Crippen molar-refractivity contribution in [2.75, 3.05) is 6.54 Å². The zero-order chi connectivity index (χ0) is 14.3. The Hall–Kier alpha value is -1.06. The molecule has 1 amide bonds. The highest BCUT2D eigenvalue weighted by molar-refractivity contribution is 6.30. The summed E-state index contributed by atoms with van der Waals surface area (Å²) in [5.74, 6) is 0.795. The molecule has 1 aromatic carbocycles. The van der Waals surface area contributed by atoms with Gasteiger partial charge in [0.05, 0.1) is 0 Å². The number of rotatable bonds is 2. The van der Waals surface area contributed by atoms with E-state index in [9.17, 15) is 4.79 Å². The second kappa shape index (κ2) is 5.38. The minimum Gasteiger partial charge on any atom is -0.340 e. The van der Waals surface area contributed by atoms with E-state index >= 15 is 0 Å². The highest BCUT2D eigenvalue weighted by Gasteiger charge is 2.47. The molecule has 1 aromatic rings. The van der Waals surface area contributed by atoms with Crippen molar-refractivity contribution < 1.29 is 4.79 Å². The van der Waals surface area contributed by atoms with E-state index in [1.165, 1.54) is 5.56 Å². The fourth-order valence-electron chi connectivity index (χ4n) is 3.32. The molecule has 2 aliphatic rings. The van der Waals surface area contributed by atoms with E-state index in [0.717, 1.165) is 30.8 Å². The van der Waals surface area contributed by atoms with Crippen LogP contribution < -0.4 is 5.73 Å². The number of likely N-dealkylation sites (tertiary alicyclic amines) is 1. The van der Waals surface area contributed by atoms with Gasteiger partial charge in [0.25, 0.3) is 0 Å². The first-order valence-electron chi connectivity index (χ1n) is 7.38. The zero-order valence-electron chi connectivity index (χ0n) is 11.8. The van der Waals surface area contributed by atoms with Crippen LogP contribution in [0.5, 0.6) is 0 Å². The van der Waals surface area contributed by atoms with Crippen LogP contribution in [0.25, 0.3) is 0 Å². The predicted molar refractivity (Wildman–Crippen MR) is 80.7 cm³/mol. The standard InChI is InChI=1S/C16H21ClN2O/c1-10-7-13(18)5-6-19(10)16(20)15-9-14(15)11-3-2-4-12(17)8-11/h2-4,8,10,13-15H,5-7,9,18H2,1H3/t10-,13-,14-,15-/m1/s1. The van der Waals surface area contributed by atoms with Gasteiger partial charge in [-0.25, -0.2) is 0 Å². The Morgan fingerprint density at radius 2 is 2.20 bits per heavy atom. The van der Waals surface area contributed by atoms with Gasteiger partial charge in [-0.1, -0.05) is 23.7 Å². The van der Waals surface area contributed by atoms with Crippen molar-refractivity contribution in [3.05, 3.63) is 34.9 Å². The highest BCUT2D eigenvalue weighted by Crippen LogP contribution is 2.49. The summed E-state index contributed by atoms with van der Waals surface area (Å²) in [5.41, 5.74) is 7.15. The van der Waals surface area contributed by atoms with Gasteiger partial charge in [-0.2, -0.15) is 0 Å². The lowest BCUT2D eigenvalue weighted by Crippen LogP contribution is -2.49. The molecule has 0 spiro atoms. The average molecular weight is 293 g/mol. The molecular weight excluding hydrogens is 272 g/mol. The predicted octanol–water partition coefficient (Wildman–Crippen LogP) is 2.78. The minimum absolute atomic E-state index is 0.144. The smallest absolute Gasteiger partial charge is 0.226 e. The summed E-state index contributed by atoms with van der Waals surface area (Å²) in [5, 5.41) is 0.748. The quantitative estimate of drug-likeness (QED) is 0.911. The van der Waals surface area contributed by atoms with Crippen LogP contribution in [0.2, 0.25) is 5.02 Å². The molecule has 1 saturated carbocycles. The lowest BCUT2D eigenvalue weighted by atomic mass is 9.98. The highest BCUT2D eigenvalue weighted by atomic mass is 35.5. The van der Waals surface area contributed by atoms with Crippen LogP contribution >= 0.6 is 11.6 Å². The van der Waals surface area contributed by atoms with Crippen molar-refractivity contribution in [3.63, 3.8) is 0 Å². The van der Waals surface area contributed by atoms with Gasteiger partial charge in [0, 0.05) is 29.6 Å². The summed E-state index contributed by atoms with van der Waals surface area (Å²) in [6, 6.07) is 8.40. The molecule has 3 rings (SSSR count). The molecule has 2 N–H and O–H groups in total. The van der Waals surface area contributed by atoms with E-state index in [2.05, 4.69) is 13.0 Å². The van der Waals surface area contributed by atoms with Crippen LogP contribution in [0.1, 0.15) is 37.7 Å². The summed E-state index contributed by atoms with van der Waals surface area (Å²) in [4.78, 5) is 14.6. The first-order chi connectivity index (χ1) is 9.56. The van der Waals surface area contributed by atoms with Gasteiger partial charge in [-0.05, 0) is 49.8 Å². The van der Waals surface area contributed by atoms with E-state index in [1.54, 1.807) is 0 Å². The SMILES string of the molecule is C[C@@H]1C[C@H](N)CCN1C(=O)[C@@H]1C[C@@H]1c1cccc(Cl)c1. The average Bonchev–Trinajstić information content (AvgIpc) is 3.18. The topological polar surface area (TPSA) is 46.3 Å². The number of hydrogen-bond donors (Lipinski definition) is 1. The van der Waals surface area contributed by atoms with Crippen molar-refractivity contribution in [1.82, 2.24) is 4.90 Å². The Kier molecular flexibility index (Phi) is 3.74. The number of carbonyl (C=O) groups excluding carboxylic acids is 1. The van der Waals surface area contributed by atoms with Gasteiger partial charge < -0.3 is 10.6 Å². The molecule has 2 fully saturated rings. The molecule has 1 saturated heterocycles. The Balaban J connectivity index is 1.65. The molecule has 1 aliphatic carbocycles. The fourth-order valence-corrected chi connectivity index (χ4v) is 3.52. The van der Waals surface area contributed by atoms with Gasteiger partial charge in [-0.15, -0.1) is 0 Å². The van der Waals surface area contributed by atoms with Crippen LogP contribution in [-0.4, -0.2) is 29.4 Å². The van der Waals surface area contributed by atoms with Crippen LogP contribution in [0.3, 0.4) is 0 Å².